The van der Waals surface area contributed by atoms with Gasteiger partial charge in [-0.05, 0) is 20.5 Å². The van der Waals surface area contributed by atoms with Gasteiger partial charge in [0.25, 0.3) is 0 Å². The molecule has 0 atom stereocenters. The highest BCUT2D eigenvalue weighted by Gasteiger charge is 1.98. The molecule has 0 fully saturated rings. The topological polar surface area (TPSA) is 52.5 Å². The number of rotatable bonds is 3. The highest BCUT2D eigenvalue weighted by Crippen LogP contribution is 1.96. The van der Waals surface area contributed by atoms with Gasteiger partial charge in [0.1, 0.15) is 0 Å². The van der Waals surface area contributed by atoms with Crippen molar-refractivity contribution in [2.24, 2.45) is 5.92 Å². The molecule has 64 valence electrons. The minimum Gasteiger partial charge on any atom is -0.396 e. The largest absolute Gasteiger partial charge is 0.396 e. The molecule has 0 amide bonds. The molecule has 0 radical (unpaired) electrons. The van der Waals surface area contributed by atoms with Crippen molar-refractivity contribution in [2.75, 3.05) is 27.3 Å². The molecule has 0 saturated carbocycles. The second-order valence-electron chi connectivity index (χ2n) is 2.14. The van der Waals surface area contributed by atoms with Crippen molar-refractivity contribution < 1.29 is 10.2 Å². The predicted molar refractivity (Wildman–Crippen MR) is 42.9 cm³/mol. The van der Waals surface area contributed by atoms with Gasteiger partial charge in [-0.25, -0.2) is 0 Å². The predicted octanol–water partition coefficient (Wildman–Crippen LogP) is -0.167. The Kier molecular flexibility index (Phi) is 14.6. The Hall–Kier alpha value is -0.120. The maximum Gasteiger partial charge on any atom is 0.0481 e. The fourth-order valence-electron chi connectivity index (χ4n) is 0.316. The van der Waals surface area contributed by atoms with Crippen LogP contribution in [0.1, 0.15) is 13.3 Å². The average molecular weight is 149 g/mol. The van der Waals surface area contributed by atoms with Crippen LogP contribution in [0.25, 0.3) is 0 Å². The van der Waals surface area contributed by atoms with Crippen LogP contribution in [0.5, 0.6) is 0 Å². The van der Waals surface area contributed by atoms with Crippen molar-refractivity contribution in [1.29, 1.82) is 0 Å². The van der Waals surface area contributed by atoms with E-state index in [0.29, 0.717) is 0 Å². The molecule has 0 heterocycles. The molecule has 0 aromatic carbocycles. The van der Waals surface area contributed by atoms with Crippen LogP contribution >= 0.6 is 0 Å². The van der Waals surface area contributed by atoms with Gasteiger partial charge in [-0.2, -0.15) is 0 Å². The summed E-state index contributed by atoms with van der Waals surface area (Å²) in [5.74, 6) is 0.0972. The number of hydrogen-bond donors (Lipinski definition) is 3. The van der Waals surface area contributed by atoms with Gasteiger partial charge >= 0.3 is 0 Å². The van der Waals surface area contributed by atoms with Gasteiger partial charge in [0, 0.05) is 19.1 Å². The first-order chi connectivity index (χ1) is 4.76. The van der Waals surface area contributed by atoms with Gasteiger partial charge in [0.05, 0.1) is 0 Å². The number of nitrogens with one attached hydrogen (secondary N) is 1. The molecule has 0 saturated heterocycles. The van der Waals surface area contributed by atoms with Crippen LogP contribution in [-0.4, -0.2) is 37.5 Å². The lowest BCUT2D eigenvalue weighted by molar-refractivity contribution is 0.147. The van der Waals surface area contributed by atoms with Crippen molar-refractivity contribution in [1.82, 2.24) is 5.32 Å². The van der Waals surface area contributed by atoms with E-state index in [1.165, 1.54) is 0 Å². The van der Waals surface area contributed by atoms with Crippen LogP contribution in [0.4, 0.5) is 0 Å². The van der Waals surface area contributed by atoms with Crippen LogP contribution in [0.2, 0.25) is 0 Å². The first-order valence-electron chi connectivity index (χ1n) is 3.56. The van der Waals surface area contributed by atoms with Gasteiger partial charge in [-0.1, -0.05) is 6.92 Å². The molecule has 3 nitrogen and oxygen atoms in total. The lowest BCUT2D eigenvalue weighted by Gasteiger charge is -2.03. The SMILES string of the molecule is CCC(CO)CO.CNC. The zero-order valence-electron chi connectivity index (χ0n) is 7.09. The van der Waals surface area contributed by atoms with Crippen LogP contribution in [-0.2, 0) is 0 Å². The Morgan fingerprint density at radius 2 is 1.50 bits per heavy atom. The molecule has 0 spiro atoms. The fourth-order valence-corrected chi connectivity index (χ4v) is 0.316. The summed E-state index contributed by atoms with van der Waals surface area (Å²) in [4.78, 5) is 0. The van der Waals surface area contributed by atoms with E-state index in [4.69, 9.17) is 10.2 Å². The van der Waals surface area contributed by atoms with Crippen molar-refractivity contribution in [2.45, 2.75) is 13.3 Å². The van der Waals surface area contributed by atoms with Gasteiger partial charge in [0.2, 0.25) is 0 Å². The third-order valence-corrected chi connectivity index (χ3v) is 1.09. The fraction of sp³-hybridized carbons (Fsp3) is 1.00. The maximum atomic E-state index is 8.37. The molecule has 0 bridgehead atoms. The van der Waals surface area contributed by atoms with Crippen LogP contribution < -0.4 is 5.32 Å². The van der Waals surface area contributed by atoms with Crippen molar-refractivity contribution in [3.63, 3.8) is 0 Å². The van der Waals surface area contributed by atoms with Gasteiger partial charge in [-0.15, -0.1) is 0 Å². The van der Waals surface area contributed by atoms with E-state index in [0.717, 1.165) is 6.42 Å². The highest BCUT2D eigenvalue weighted by atomic mass is 16.3. The summed E-state index contributed by atoms with van der Waals surface area (Å²) in [5.41, 5.74) is 0. The van der Waals surface area contributed by atoms with E-state index in [1.54, 1.807) is 0 Å². The van der Waals surface area contributed by atoms with Crippen molar-refractivity contribution >= 4 is 0 Å². The Morgan fingerprint density at radius 3 is 1.50 bits per heavy atom. The lowest BCUT2D eigenvalue weighted by Crippen LogP contribution is -2.08. The van der Waals surface area contributed by atoms with Gasteiger partial charge < -0.3 is 15.5 Å². The molecule has 0 unspecified atom stereocenters. The quantitative estimate of drug-likeness (QED) is 0.522. The summed E-state index contributed by atoms with van der Waals surface area (Å²) in [6.07, 6.45) is 0.854. The Labute approximate surface area is 63.1 Å². The standard InChI is InChI=1S/C5H12O2.C2H7N/c1-2-5(3-6)4-7;1-3-2/h5-7H,2-4H2,1H3;3H,1-2H3. The number of aliphatic hydroxyl groups is 2. The van der Waals surface area contributed by atoms with Crippen molar-refractivity contribution in [3.05, 3.63) is 0 Å². The highest BCUT2D eigenvalue weighted by molar-refractivity contribution is 4.49. The Balaban J connectivity index is 0. The lowest BCUT2D eigenvalue weighted by atomic mass is 10.1. The molecular weight excluding hydrogens is 130 g/mol. The van der Waals surface area contributed by atoms with Gasteiger partial charge in [0.15, 0.2) is 0 Å². The second-order valence-corrected chi connectivity index (χ2v) is 2.14. The summed E-state index contributed by atoms with van der Waals surface area (Å²) in [5, 5.41) is 19.5. The van der Waals surface area contributed by atoms with E-state index in [2.05, 4.69) is 5.32 Å². The first kappa shape index (κ1) is 12.5. The zero-order chi connectivity index (χ0) is 8.41. The van der Waals surface area contributed by atoms with E-state index < -0.39 is 0 Å². The second kappa shape index (κ2) is 11.6. The van der Waals surface area contributed by atoms with Crippen LogP contribution in [0.3, 0.4) is 0 Å². The molecule has 3 N–H and O–H groups in total. The Morgan fingerprint density at radius 1 is 1.20 bits per heavy atom. The molecule has 10 heavy (non-hydrogen) atoms. The number of aliphatic hydroxyl groups excluding tert-OH is 2. The molecule has 3 heteroatoms. The first-order valence-corrected chi connectivity index (χ1v) is 3.56. The third kappa shape index (κ3) is 10.8. The minimum atomic E-state index is 0.0972. The van der Waals surface area contributed by atoms with E-state index >= 15 is 0 Å². The normalized spacial score (nSPS) is 9.00. The average Bonchev–Trinajstić information content (AvgIpc) is 1.93. The molecule has 0 rings (SSSR count). The monoisotopic (exact) mass is 149 g/mol. The van der Waals surface area contributed by atoms with E-state index in [-0.39, 0.29) is 19.1 Å². The van der Waals surface area contributed by atoms with Crippen LogP contribution in [0.15, 0.2) is 0 Å². The van der Waals surface area contributed by atoms with E-state index in [1.807, 2.05) is 21.0 Å². The molecule has 0 aliphatic carbocycles. The number of hydrogen-bond acceptors (Lipinski definition) is 3. The summed E-state index contributed by atoms with van der Waals surface area (Å²) >= 11 is 0. The van der Waals surface area contributed by atoms with Crippen molar-refractivity contribution in [3.8, 4) is 0 Å². The minimum absolute atomic E-state index is 0.0972. The molecule has 0 aromatic heterocycles. The molecule has 0 aromatic rings. The van der Waals surface area contributed by atoms with E-state index in [9.17, 15) is 0 Å². The molecule has 0 aliphatic heterocycles. The summed E-state index contributed by atoms with van der Waals surface area (Å²) in [7, 11) is 3.75. The Bertz CT molecular complexity index is 41.4. The third-order valence-electron chi connectivity index (χ3n) is 1.09. The summed E-state index contributed by atoms with van der Waals surface area (Å²) < 4.78 is 0. The van der Waals surface area contributed by atoms with Crippen LogP contribution in [0, 0.1) is 5.92 Å². The van der Waals surface area contributed by atoms with Gasteiger partial charge in [-0.3, -0.25) is 0 Å². The maximum absolute atomic E-state index is 8.37. The zero-order valence-corrected chi connectivity index (χ0v) is 7.09. The molecule has 0 aliphatic rings. The smallest absolute Gasteiger partial charge is 0.0481 e. The summed E-state index contributed by atoms with van der Waals surface area (Å²) in [6.45, 7) is 2.15. The summed E-state index contributed by atoms with van der Waals surface area (Å²) in [6, 6.07) is 0. The molecular formula is C7H19NO2.